The Morgan fingerprint density at radius 2 is 1.45 bits per heavy atom. The van der Waals surface area contributed by atoms with Crippen LogP contribution >= 0.6 is 0 Å². The Hall–Kier alpha value is -4.62. The summed E-state index contributed by atoms with van der Waals surface area (Å²) in [6.45, 7) is 4.70. The average Bonchev–Trinajstić information content (AvgIpc) is 3.01. The van der Waals surface area contributed by atoms with Gasteiger partial charge in [-0.25, -0.2) is 4.79 Å². The first kappa shape index (κ1) is 27.0. The molecule has 4 aromatic rings. The summed E-state index contributed by atoms with van der Waals surface area (Å²) in [5.41, 5.74) is 4.63. The molecule has 4 aromatic carbocycles. The molecule has 1 heterocycles. The summed E-state index contributed by atoms with van der Waals surface area (Å²) in [5.74, 6) is -0.128. The number of piperazine rings is 1. The van der Waals surface area contributed by atoms with E-state index in [1.54, 1.807) is 30.3 Å². The van der Waals surface area contributed by atoms with Crippen LogP contribution in [0.2, 0.25) is 0 Å². The van der Waals surface area contributed by atoms with Crippen molar-refractivity contribution in [1.82, 2.24) is 4.90 Å². The largest absolute Gasteiger partial charge is 0.489 e. The summed E-state index contributed by atoms with van der Waals surface area (Å²) >= 11 is 0. The van der Waals surface area contributed by atoms with Gasteiger partial charge < -0.3 is 19.7 Å². The second kappa shape index (κ2) is 13.0. The zero-order chi connectivity index (χ0) is 27.7. The lowest BCUT2D eigenvalue weighted by molar-refractivity contribution is 0.0600. The fourth-order valence-corrected chi connectivity index (χ4v) is 4.81. The lowest BCUT2D eigenvalue weighted by Crippen LogP contribution is -2.46. The first-order chi connectivity index (χ1) is 19.6. The number of amides is 1. The summed E-state index contributed by atoms with van der Waals surface area (Å²) in [5, 5.41) is 3.04. The number of ether oxygens (including phenoxy) is 2. The standard InChI is InChI=1S/C33H33N3O4/c1-39-33(38)28-15-16-31(36-19-17-35(18-20-36)23-25-9-4-2-5-10-25)30(22-28)34-32(37)27-13-8-14-29(21-27)40-24-26-11-6-3-7-12-26/h2-16,21-22H,17-20,23-24H2,1H3,(H,34,37). The molecule has 0 unspecified atom stereocenters. The molecule has 1 saturated heterocycles. The van der Waals surface area contributed by atoms with Crippen molar-refractivity contribution in [3.05, 3.63) is 125 Å². The molecule has 1 fully saturated rings. The molecule has 204 valence electrons. The van der Waals surface area contributed by atoms with Crippen LogP contribution in [0.4, 0.5) is 11.4 Å². The minimum Gasteiger partial charge on any atom is -0.489 e. The van der Waals surface area contributed by atoms with E-state index in [4.69, 9.17) is 9.47 Å². The molecule has 0 bridgehead atoms. The summed E-state index contributed by atoms with van der Waals surface area (Å²) < 4.78 is 10.8. The molecule has 0 spiro atoms. The van der Waals surface area contributed by atoms with E-state index in [2.05, 4.69) is 39.4 Å². The fraction of sp³-hybridized carbons (Fsp3) is 0.212. The fourth-order valence-electron chi connectivity index (χ4n) is 4.81. The highest BCUT2D eigenvalue weighted by atomic mass is 16.5. The number of rotatable bonds is 9. The minimum absolute atomic E-state index is 0.281. The molecule has 40 heavy (non-hydrogen) atoms. The molecule has 0 aromatic heterocycles. The second-order valence-electron chi connectivity index (χ2n) is 9.73. The maximum atomic E-state index is 13.4. The third-order valence-electron chi connectivity index (χ3n) is 6.97. The summed E-state index contributed by atoms with van der Waals surface area (Å²) in [7, 11) is 1.35. The molecule has 0 saturated carbocycles. The maximum Gasteiger partial charge on any atom is 0.337 e. The predicted molar refractivity (Wildman–Crippen MR) is 157 cm³/mol. The van der Waals surface area contributed by atoms with Crippen LogP contribution in [-0.2, 0) is 17.9 Å². The highest BCUT2D eigenvalue weighted by molar-refractivity contribution is 6.07. The lowest BCUT2D eigenvalue weighted by Gasteiger charge is -2.37. The van der Waals surface area contributed by atoms with Gasteiger partial charge in [-0.1, -0.05) is 66.7 Å². The minimum atomic E-state index is -0.453. The number of nitrogens with zero attached hydrogens (tertiary/aromatic N) is 2. The van der Waals surface area contributed by atoms with Crippen LogP contribution in [0.25, 0.3) is 0 Å². The van der Waals surface area contributed by atoms with Crippen LogP contribution in [0.5, 0.6) is 5.75 Å². The van der Waals surface area contributed by atoms with Gasteiger partial charge in [0.1, 0.15) is 12.4 Å². The van der Waals surface area contributed by atoms with Crippen molar-refractivity contribution in [1.29, 1.82) is 0 Å². The van der Waals surface area contributed by atoms with Gasteiger partial charge in [0.15, 0.2) is 0 Å². The van der Waals surface area contributed by atoms with Crippen molar-refractivity contribution >= 4 is 23.3 Å². The van der Waals surface area contributed by atoms with Gasteiger partial charge in [0.25, 0.3) is 5.91 Å². The number of nitrogens with one attached hydrogen (secondary N) is 1. The van der Waals surface area contributed by atoms with Crippen LogP contribution in [0.15, 0.2) is 103 Å². The summed E-state index contributed by atoms with van der Waals surface area (Å²) in [6.07, 6.45) is 0. The van der Waals surface area contributed by atoms with E-state index in [-0.39, 0.29) is 5.91 Å². The first-order valence-electron chi connectivity index (χ1n) is 13.4. The Morgan fingerprint density at radius 3 is 2.15 bits per heavy atom. The molecule has 1 aliphatic rings. The van der Waals surface area contributed by atoms with Crippen LogP contribution in [0.3, 0.4) is 0 Å². The van der Waals surface area contributed by atoms with Crippen LogP contribution in [-0.4, -0.2) is 50.1 Å². The third-order valence-corrected chi connectivity index (χ3v) is 6.97. The van der Waals surface area contributed by atoms with E-state index in [0.29, 0.717) is 29.2 Å². The van der Waals surface area contributed by atoms with Crippen molar-refractivity contribution in [3.8, 4) is 5.75 Å². The highest BCUT2D eigenvalue weighted by Gasteiger charge is 2.22. The average molecular weight is 536 g/mol. The van der Waals surface area contributed by atoms with Gasteiger partial charge in [0, 0.05) is 38.3 Å². The van der Waals surface area contributed by atoms with Gasteiger partial charge in [-0.05, 0) is 47.5 Å². The van der Waals surface area contributed by atoms with Crippen molar-refractivity contribution in [2.24, 2.45) is 0 Å². The number of anilines is 2. The monoisotopic (exact) mass is 535 g/mol. The Morgan fingerprint density at radius 1 is 0.750 bits per heavy atom. The van der Waals surface area contributed by atoms with Gasteiger partial charge in [-0.2, -0.15) is 0 Å². The zero-order valence-corrected chi connectivity index (χ0v) is 22.6. The van der Waals surface area contributed by atoms with E-state index >= 15 is 0 Å². The van der Waals surface area contributed by atoms with Gasteiger partial charge >= 0.3 is 5.97 Å². The van der Waals surface area contributed by atoms with E-state index in [9.17, 15) is 9.59 Å². The second-order valence-corrected chi connectivity index (χ2v) is 9.73. The van der Waals surface area contributed by atoms with E-state index in [1.165, 1.54) is 12.7 Å². The molecule has 0 radical (unpaired) electrons. The Labute approximate surface area is 235 Å². The number of methoxy groups -OCH3 is 1. The van der Waals surface area contributed by atoms with Gasteiger partial charge in [0.2, 0.25) is 0 Å². The SMILES string of the molecule is COC(=O)c1ccc(N2CCN(Cc3ccccc3)CC2)c(NC(=O)c2cccc(OCc3ccccc3)c2)c1. The number of benzene rings is 4. The quantitative estimate of drug-likeness (QED) is 0.280. The molecular weight excluding hydrogens is 502 g/mol. The van der Waals surface area contributed by atoms with Crippen LogP contribution in [0.1, 0.15) is 31.8 Å². The Balaban J connectivity index is 1.30. The molecule has 0 aliphatic carbocycles. The summed E-state index contributed by atoms with van der Waals surface area (Å²) in [6, 6.07) is 32.7. The number of hydrogen-bond donors (Lipinski definition) is 1. The predicted octanol–water partition coefficient (Wildman–Crippen LogP) is 5.63. The zero-order valence-electron chi connectivity index (χ0n) is 22.6. The molecule has 1 amide bonds. The molecule has 7 heteroatoms. The van der Waals surface area contributed by atoms with Crippen molar-refractivity contribution in [2.45, 2.75) is 13.2 Å². The van der Waals surface area contributed by atoms with E-state index in [0.717, 1.165) is 44.0 Å². The van der Waals surface area contributed by atoms with Gasteiger partial charge in [-0.15, -0.1) is 0 Å². The molecule has 1 aliphatic heterocycles. The number of carbonyl (C=O) groups is 2. The molecular formula is C33H33N3O4. The third kappa shape index (κ3) is 6.87. The van der Waals surface area contributed by atoms with Crippen molar-refractivity contribution in [3.63, 3.8) is 0 Å². The molecule has 5 rings (SSSR count). The van der Waals surface area contributed by atoms with E-state index < -0.39 is 5.97 Å². The van der Waals surface area contributed by atoms with Gasteiger partial charge in [-0.3, -0.25) is 9.69 Å². The van der Waals surface area contributed by atoms with Crippen LogP contribution < -0.4 is 15.0 Å². The number of hydrogen-bond acceptors (Lipinski definition) is 6. The molecule has 1 N–H and O–H groups in total. The first-order valence-corrected chi connectivity index (χ1v) is 13.4. The van der Waals surface area contributed by atoms with Crippen molar-refractivity contribution in [2.75, 3.05) is 43.5 Å². The van der Waals surface area contributed by atoms with Gasteiger partial charge in [0.05, 0.1) is 24.0 Å². The number of esters is 1. The lowest BCUT2D eigenvalue weighted by atomic mass is 10.1. The number of carbonyl (C=O) groups excluding carboxylic acids is 2. The Kier molecular flexibility index (Phi) is 8.73. The van der Waals surface area contributed by atoms with E-state index in [1.807, 2.05) is 48.5 Å². The Bertz CT molecular complexity index is 1430. The van der Waals surface area contributed by atoms with Crippen LogP contribution in [0, 0.1) is 0 Å². The normalized spacial score (nSPS) is 13.5. The van der Waals surface area contributed by atoms with Crippen molar-refractivity contribution < 1.29 is 19.1 Å². The summed E-state index contributed by atoms with van der Waals surface area (Å²) in [4.78, 5) is 30.3. The maximum absolute atomic E-state index is 13.4. The molecule has 0 atom stereocenters. The highest BCUT2D eigenvalue weighted by Crippen LogP contribution is 2.30. The molecule has 7 nitrogen and oxygen atoms in total. The topological polar surface area (TPSA) is 71.1 Å². The smallest absolute Gasteiger partial charge is 0.337 e.